The molecule has 2 aromatic heterocycles. The number of alkyl halides is 3. The van der Waals surface area contributed by atoms with Gasteiger partial charge in [0.2, 0.25) is 5.95 Å². The van der Waals surface area contributed by atoms with Crippen LogP contribution in [0, 0.1) is 19.7 Å². The van der Waals surface area contributed by atoms with Gasteiger partial charge in [-0.25, -0.2) is 9.37 Å². The first-order chi connectivity index (χ1) is 12.7. The zero-order valence-corrected chi connectivity index (χ0v) is 14.4. The molecule has 0 aliphatic rings. The van der Waals surface area contributed by atoms with Crippen molar-refractivity contribution in [3.63, 3.8) is 0 Å². The minimum atomic E-state index is -4.59. The smallest absolute Gasteiger partial charge is 0.372 e. The van der Waals surface area contributed by atoms with Crippen LogP contribution in [0.15, 0.2) is 22.9 Å². The Hall–Kier alpha value is -3.24. The van der Waals surface area contributed by atoms with Crippen molar-refractivity contribution >= 4 is 17.5 Å². The molecule has 11 heteroatoms. The number of aryl methyl sites for hydroxylation is 2. The molecule has 27 heavy (non-hydrogen) atoms. The number of hydrogen-bond donors (Lipinski definition) is 2. The summed E-state index contributed by atoms with van der Waals surface area (Å²) < 4.78 is 58.1. The normalized spacial score (nSPS) is 11.5. The molecule has 0 bridgehead atoms. The van der Waals surface area contributed by atoms with Crippen molar-refractivity contribution in [3.05, 3.63) is 41.1 Å². The van der Waals surface area contributed by atoms with E-state index in [0.717, 1.165) is 6.07 Å². The Bertz CT molecular complexity index is 986. The highest BCUT2D eigenvalue weighted by Crippen LogP contribution is 2.34. The predicted octanol–water partition coefficient (Wildman–Crippen LogP) is 4.09. The molecule has 2 heterocycles. The van der Waals surface area contributed by atoms with Gasteiger partial charge in [0.25, 0.3) is 5.89 Å². The van der Waals surface area contributed by atoms with E-state index >= 15 is 0 Å². The molecule has 0 amide bonds. The highest BCUT2D eigenvalue weighted by Gasteiger charge is 2.35. The van der Waals surface area contributed by atoms with E-state index in [2.05, 4.69) is 30.7 Å². The first-order valence-electron chi connectivity index (χ1n) is 7.69. The molecule has 0 aliphatic carbocycles. The number of nitrogens with one attached hydrogen (secondary N) is 2. The van der Waals surface area contributed by atoms with Crippen LogP contribution in [0.4, 0.5) is 35.0 Å². The number of rotatable bonds is 4. The van der Waals surface area contributed by atoms with Crippen molar-refractivity contribution in [3.8, 4) is 11.5 Å². The van der Waals surface area contributed by atoms with Crippen LogP contribution >= 0.6 is 0 Å². The van der Waals surface area contributed by atoms with Crippen LogP contribution in [0.5, 0.6) is 0 Å². The lowest BCUT2D eigenvalue weighted by molar-refractivity contribution is -0.137. The average molecular weight is 382 g/mol. The summed E-state index contributed by atoms with van der Waals surface area (Å²) in [4.78, 5) is 11.4. The van der Waals surface area contributed by atoms with E-state index in [1.807, 2.05) is 0 Å². The Morgan fingerprint density at radius 3 is 2.44 bits per heavy atom. The molecule has 0 saturated carbocycles. The van der Waals surface area contributed by atoms with Crippen LogP contribution in [0.1, 0.15) is 17.0 Å². The van der Waals surface area contributed by atoms with E-state index in [9.17, 15) is 17.6 Å². The zero-order valence-electron chi connectivity index (χ0n) is 14.4. The summed E-state index contributed by atoms with van der Waals surface area (Å²) >= 11 is 0. The van der Waals surface area contributed by atoms with Gasteiger partial charge in [-0.15, -0.1) is 0 Å². The molecule has 1 aromatic carbocycles. The average Bonchev–Trinajstić information content (AvgIpc) is 3.03. The van der Waals surface area contributed by atoms with Crippen molar-refractivity contribution in [1.29, 1.82) is 0 Å². The van der Waals surface area contributed by atoms with Gasteiger partial charge in [-0.3, -0.25) is 0 Å². The summed E-state index contributed by atoms with van der Waals surface area (Å²) in [6.07, 6.45) is -3.94. The molecule has 0 atom stereocenters. The van der Waals surface area contributed by atoms with Crippen LogP contribution in [0.3, 0.4) is 0 Å². The Morgan fingerprint density at radius 1 is 1.11 bits per heavy atom. The highest BCUT2D eigenvalue weighted by molar-refractivity contribution is 5.67. The minimum absolute atomic E-state index is 0.0305. The third-order valence-electron chi connectivity index (χ3n) is 3.65. The van der Waals surface area contributed by atoms with Gasteiger partial charge in [0.15, 0.2) is 5.82 Å². The number of anilines is 3. The second kappa shape index (κ2) is 6.82. The fourth-order valence-electron chi connectivity index (χ4n) is 2.35. The standard InChI is InChI=1S/C16H14F4N6O/c1-7-4-9(14-23-8(2)26-27-14)11(17)5-12(7)24-15-22-6-10(16(18,19)20)13(21-3)25-15/h4-6H,1-3H3,(H2,21,22,24,25). The maximum atomic E-state index is 14.4. The summed E-state index contributed by atoms with van der Waals surface area (Å²) in [6, 6.07) is 2.64. The fraction of sp³-hybridized carbons (Fsp3) is 0.250. The van der Waals surface area contributed by atoms with Crippen molar-refractivity contribution in [2.24, 2.45) is 0 Å². The van der Waals surface area contributed by atoms with Gasteiger partial charge >= 0.3 is 6.18 Å². The van der Waals surface area contributed by atoms with E-state index < -0.39 is 23.4 Å². The monoisotopic (exact) mass is 382 g/mol. The van der Waals surface area contributed by atoms with Crippen LogP contribution in [0.2, 0.25) is 0 Å². The predicted molar refractivity (Wildman–Crippen MR) is 89.0 cm³/mol. The van der Waals surface area contributed by atoms with E-state index in [1.165, 1.54) is 13.1 Å². The molecular weight excluding hydrogens is 368 g/mol. The second-order valence-electron chi connectivity index (χ2n) is 5.62. The van der Waals surface area contributed by atoms with Crippen LogP contribution in [0.25, 0.3) is 11.5 Å². The van der Waals surface area contributed by atoms with E-state index in [-0.39, 0.29) is 23.1 Å². The summed E-state index contributed by atoms with van der Waals surface area (Å²) in [5.41, 5.74) is -0.0190. The van der Waals surface area contributed by atoms with Crippen LogP contribution < -0.4 is 10.6 Å². The SMILES string of the molecule is CNc1nc(Nc2cc(F)c(-c3nc(C)no3)cc2C)ncc1C(F)(F)F. The second-order valence-corrected chi connectivity index (χ2v) is 5.62. The number of hydrogen-bond acceptors (Lipinski definition) is 7. The van der Waals surface area contributed by atoms with E-state index in [0.29, 0.717) is 17.6 Å². The molecular formula is C16H14F4N6O. The first kappa shape index (κ1) is 18.5. The summed E-state index contributed by atoms with van der Waals surface area (Å²) in [7, 11) is 1.31. The van der Waals surface area contributed by atoms with E-state index in [1.54, 1.807) is 13.8 Å². The molecule has 142 valence electrons. The van der Waals surface area contributed by atoms with Crippen molar-refractivity contribution < 1.29 is 22.1 Å². The Morgan fingerprint density at radius 2 is 1.85 bits per heavy atom. The lowest BCUT2D eigenvalue weighted by Crippen LogP contribution is -2.12. The largest absolute Gasteiger partial charge is 0.421 e. The molecule has 3 aromatic rings. The molecule has 2 N–H and O–H groups in total. The molecule has 0 fully saturated rings. The molecule has 0 radical (unpaired) electrons. The molecule has 0 aliphatic heterocycles. The van der Waals surface area contributed by atoms with Gasteiger partial charge < -0.3 is 15.2 Å². The van der Waals surface area contributed by atoms with Crippen LogP contribution in [-0.4, -0.2) is 27.2 Å². The molecule has 7 nitrogen and oxygen atoms in total. The van der Waals surface area contributed by atoms with E-state index in [4.69, 9.17) is 4.52 Å². The minimum Gasteiger partial charge on any atom is -0.372 e. The third-order valence-corrected chi connectivity index (χ3v) is 3.65. The number of nitrogens with zero attached hydrogens (tertiary/aromatic N) is 4. The van der Waals surface area contributed by atoms with Crippen molar-refractivity contribution in [1.82, 2.24) is 20.1 Å². The lowest BCUT2D eigenvalue weighted by atomic mass is 10.1. The number of aromatic nitrogens is 4. The first-order valence-corrected chi connectivity index (χ1v) is 7.69. The van der Waals surface area contributed by atoms with Gasteiger partial charge in [0.1, 0.15) is 17.2 Å². The Kier molecular flexibility index (Phi) is 4.68. The van der Waals surface area contributed by atoms with Gasteiger partial charge in [-0.2, -0.15) is 23.1 Å². The maximum Gasteiger partial charge on any atom is 0.421 e. The molecule has 3 rings (SSSR count). The third kappa shape index (κ3) is 3.81. The fourth-order valence-corrected chi connectivity index (χ4v) is 2.35. The molecule has 0 saturated heterocycles. The summed E-state index contributed by atoms with van der Waals surface area (Å²) in [6.45, 7) is 3.28. The van der Waals surface area contributed by atoms with Gasteiger partial charge in [0, 0.05) is 18.9 Å². The van der Waals surface area contributed by atoms with Crippen molar-refractivity contribution in [2.45, 2.75) is 20.0 Å². The van der Waals surface area contributed by atoms with Gasteiger partial charge in [-0.05, 0) is 31.5 Å². The number of benzene rings is 1. The Labute approximate surface area is 150 Å². The van der Waals surface area contributed by atoms with Crippen LogP contribution in [-0.2, 0) is 6.18 Å². The summed E-state index contributed by atoms with van der Waals surface area (Å²) in [5, 5.41) is 8.70. The summed E-state index contributed by atoms with van der Waals surface area (Å²) in [5.74, 6) is -0.760. The Balaban J connectivity index is 1.93. The topological polar surface area (TPSA) is 88.8 Å². The lowest BCUT2D eigenvalue weighted by Gasteiger charge is -2.14. The quantitative estimate of drug-likeness (QED) is 0.657. The van der Waals surface area contributed by atoms with Gasteiger partial charge in [0.05, 0.1) is 5.56 Å². The molecule has 0 unspecified atom stereocenters. The molecule has 0 spiro atoms. The van der Waals surface area contributed by atoms with Crippen molar-refractivity contribution in [2.75, 3.05) is 17.7 Å². The zero-order chi connectivity index (χ0) is 19.8. The van der Waals surface area contributed by atoms with Gasteiger partial charge in [-0.1, -0.05) is 5.16 Å². The highest BCUT2D eigenvalue weighted by atomic mass is 19.4. The maximum absolute atomic E-state index is 14.4. The number of halogens is 4.